The van der Waals surface area contributed by atoms with E-state index >= 15 is 0 Å². The number of nitrogens with zero attached hydrogens (tertiary/aromatic N) is 1. The Morgan fingerprint density at radius 1 is 1.32 bits per heavy atom. The first-order valence-corrected chi connectivity index (χ1v) is 9.02. The molecule has 25 heavy (non-hydrogen) atoms. The highest BCUT2D eigenvalue weighted by Gasteiger charge is 2.29. The third-order valence-corrected chi connectivity index (χ3v) is 4.09. The van der Waals surface area contributed by atoms with Crippen molar-refractivity contribution in [1.29, 1.82) is 0 Å². The maximum Gasteiger partial charge on any atom is 0.276 e. The van der Waals surface area contributed by atoms with Crippen molar-refractivity contribution < 1.29 is 14.3 Å². The number of hydrogen-bond donors (Lipinski definition) is 1. The standard InChI is InChI=1S/C19H26N2O3S/c1-5-6-9-21-18(22)15(20-19(21)25)10-14-7-8-16(17(11-14)23-4)24-12-13(2)3/h7-8,10-11,13H,5-6,9,12H2,1-4H3,(H,20,25)/b15-10+. The number of hydrogen-bond acceptors (Lipinski definition) is 4. The minimum absolute atomic E-state index is 0.0856. The van der Waals surface area contributed by atoms with Crippen molar-refractivity contribution in [2.24, 2.45) is 5.92 Å². The average molecular weight is 362 g/mol. The van der Waals surface area contributed by atoms with Gasteiger partial charge in [-0.25, -0.2) is 0 Å². The first kappa shape index (κ1) is 19.2. The summed E-state index contributed by atoms with van der Waals surface area (Å²) in [6, 6.07) is 5.62. The van der Waals surface area contributed by atoms with E-state index in [4.69, 9.17) is 21.7 Å². The maximum atomic E-state index is 12.5. The predicted octanol–water partition coefficient (Wildman–Crippen LogP) is 3.59. The third kappa shape index (κ3) is 4.95. The van der Waals surface area contributed by atoms with Crippen LogP contribution in [-0.2, 0) is 4.79 Å². The number of carbonyl (C=O) groups excluding carboxylic acids is 1. The lowest BCUT2D eigenvalue weighted by atomic mass is 10.1. The molecule has 0 saturated carbocycles. The Labute approximate surface area is 155 Å². The predicted molar refractivity (Wildman–Crippen MR) is 104 cm³/mol. The lowest BCUT2D eigenvalue weighted by Gasteiger charge is -2.13. The van der Waals surface area contributed by atoms with Crippen molar-refractivity contribution in [3.8, 4) is 11.5 Å². The summed E-state index contributed by atoms with van der Waals surface area (Å²) >= 11 is 5.26. The largest absolute Gasteiger partial charge is 0.493 e. The Morgan fingerprint density at radius 3 is 2.72 bits per heavy atom. The molecule has 6 heteroatoms. The van der Waals surface area contributed by atoms with Crippen molar-refractivity contribution in [1.82, 2.24) is 10.2 Å². The molecule has 1 fully saturated rings. The van der Waals surface area contributed by atoms with Crippen LogP contribution in [0.1, 0.15) is 39.2 Å². The van der Waals surface area contributed by atoms with Gasteiger partial charge in [-0.3, -0.25) is 9.69 Å². The van der Waals surface area contributed by atoms with Crippen molar-refractivity contribution in [3.05, 3.63) is 29.5 Å². The zero-order chi connectivity index (χ0) is 18.4. The Bertz CT molecular complexity index is 671. The van der Waals surface area contributed by atoms with Crippen LogP contribution in [0.5, 0.6) is 11.5 Å². The second-order valence-electron chi connectivity index (χ2n) is 6.41. The molecule has 1 amide bonds. The lowest BCUT2D eigenvalue weighted by molar-refractivity contribution is -0.122. The molecule has 1 aromatic rings. The van der Waals surface area contributed by atoms with E-state index in [1.165, 1.54) is 0 Å². The highest BCUT2D eigenvalue weighted by Crippen LogP contribution is 2.29. The van der Waals surface area contributed by atoms with Crippen LogP contribution in [0.3, 0.4) is 0 Å². The van der Waals surface area contributed by atoms with Gasteiger partial charge in [0.25, 0.3) is 5.91 Å². The fraction of sp³-hybridized carbons (Fsp3) is 0.474. The van der Waals surface area contributed by atoms with Gasteiger partial charge in [0.05, 0.1) is 13.7 Å². The normalized spacial score (nSPS) is 15.9. The van der Waals surface area contributed by atoms with Gasteiger partial charge in [0.2, 0.25) is 0 Å². The average Bonchev–Trinajstić information content (AvgIpc) is 2.85. The van der Waals surface area contributed by atoms with Gasteiger partial charge in [-0.15, -0.1) is 0 Å². The zero-order valence-corrected chi connectivity index (χ0v) is 16.1. The molecule has 0 bridgehead atoms. The molecule has 0 aliphatic carbocycles. The molecule has 5 nitrogen and oxygen atoms in total. The summed E-state index contributed by atoms with van der Waals surface area (Å²) < 4.78 is 11.2. The quantitative estimate of drug-likeness (QED) is 0.566. The van der Waals surface area contributed by atoms with Gasteiger partial charge < -0.3 is 14.8 Å². The smallest absolute Gasteiger partial charge is 0.276 e. The molecule has 1 aliphatic heterocycles. The summed E-state index contributed by atoms with van der Waals surface area (Å²) in [4.78, 5) is 14.1. The molecule has 1 aromatic carbocycles. The summed E-state index contributed by atoms with van der Waals surface area (Å²) in [5.74, 6) is 1.69. The van der Waals surface area contributed by atoms with Crippen LogP contribution in [0.2, 0.25) is 0 Å². The molecule has 0 spiro atoms. The summed E-state index contributed by atoms with van der Waals surface area (Å²) in [6.45, 7) is 7.54. The number of nitrogens with one attached hydrogen (secondary N) is 1. The summed E-state index contributed by atoms with van der Waals surface area (Å²) in [5.41, 5.74) is 1.34. The van der Waals surface area contributed by atoms with Gasteiger partial charge in [0, 0.05) is 6.54 Å². The van der Waals surface area contributed by atoms with E-state index in [0.717, 1.165) is 18.4 Å². The molecule has 1 aliphatic rings. The number of amides is 1. The van der Waals surface area contributed by atoms with Crippen LogP contribution in [0.25, 0.3) is 6.08 Å². The molecule has 1 heterocycles. The van der Waals surface area contributed by atoms with Crippen LogP contribution in [0.4, 0.5) is 0 Å². The summed E-state index contributed by atoms with van der Waals surface area (Å²) in [5, 5.41) is 3.47. The number of benzene rings is 1. The number of carbonyl (C=O) groups is 1. The number of methoxy groups -OCH3 is 1. The van der Waals surface area contributed by atoms with E-state index in [-0.39, 0.29) is 5.91 Å². The molecule has 0 aromatic heterocycles. The van der Waals surface area contributed by atoms with Gasteiger partial charge in [-0.1, -0.05) is 33.3 Å². The SMILES string of the molecule is CCCCN1C(=O)/C(=C\c2ccc(OCC(C)C)c(OC)c2)NC1=S. The second kappa shape index (κ2) is 8.85. The highest BCUT2D eigenvalue weighted by molar-refractivity contribution is 7.80. The molecular formula is C19H26N2O3S. The van der Waals surface area contributed by atoms with Gasteiger partial charge in [-0.2, -0.15) is 0 Å². The fourth-order valence-corrected chi connectivity index (χ4v) is 2.69. The Balaban J connectivity index is 2.17. The first-order chi connectivity index (χ1) is 12.0. The van der Waals surface area contributed by atoms with Crippen LogP contribution < -0.4 is 14.8 Å². The van der Waals surface area contributed by atoms with E-state index in [0.29, 0.717) is 41.4 Å². The number of rotatable bonds is 8. The van der Waals surface area contributed by atoms with E-state index in [2.05, 4.69) is 26.1 Å². The van der Waals surface area contributed by atoms with Crippen molar-refractivity contribution >= 4 is 29.3 Å². The summed E-state index contributed by atoms with van der Waals surface area (Å²) in [6.07, 6.45) is 3.73. The van der Waals surface area contributed by atoms with Gasteiger partial charge in [0.15, 0.2) is 16.6 Å². The second-order valence-corrected chi connectivity index (χ2v) is 6.80. The molecule has 0 atom stereocenters. The molecule has 0 unspecified atom stereocenters. The summed E-state index contributed by atoms with van der Waals surface area (Å²) in [7, 11) is 1.61. The minimum atomic E-state index is -0.0856. The topological polar surface area (TPSA) is 50.8 Å². The van der Waals surface area contributed by atoms with Crippen molar-refractivity contribution in [2.75, 3.05) is 20.3 Å². The van der Waals surface area contributed by atoms with E-state index in [9.17, 15) is 4.79 Å². The van der Waals surface area contributed by atoms with Crippen LogP contribution in [0, 0.1) is 5.92 Å². The maximum absolute atomic E-state index is 12.5. The van der Waals surface area contributed by atoms with Crippen LogP contribution in [0.15, 0.2) is 23.9 Å². The van der Waals surface area contributed by atoms with Gasteiger partial charge in [-0.05, 0) is 48.3 Å². The minimum Gasteiger partial charge on any atom is -0.493 e. The van der Waals surface area contributed by atoms with Crippen LogP contribution >= 0.6 is 12.2 Å². The molecule has 1 saturated heterocycles. The Morgan fingerprint density at radius 2 is 2.08 bits per heavy atom. The zero-order valence-electron chi connectivity index (χ0n) is 15.3. The Hall–Kier alpha value is -2.08. The van der Waals surface area contributed by atoms with Gasteiger partial charge in [0.1, 0.15) is 5.70 Å². The molecular weight excluding hydrogens is 336 g/mol. The fourth-order valence-electron chi connectivity index (χ4n) is 2.41. The number of thiocarbonyl (C=S) groups is 1. The highest BCUT2D eigenvalue weighted by atomic mass is 32.1. The number of ether oxygens (including phenoxy) is 2. The van der Waals surface area contributed by atoms with E-state index in [1.54, 1.807) is 18.1 Å². The van der Waals surface area contributed by atoms with Crippen molar-refractivity contribution in [2.45, 2.75) is 33.6 Å². The Kier molecular flexibility index (Phi) is 6.82. The lowest BCUT2D eigenvalue weighted by Crippen LogP contribution is -2.31. The van der Waals surface area contributed by atoms with Gasteiger partial charge >= 0.3 is 0 Å². The van der Waals surface area contributed by atoms with Crippen LogP contribution in [-0.4, -0.2) is 36.2 Å². The monoisotopic (exact) mass is 362 g/mol. The molecule has 2 rings (SSSR count). The molecule has 136 valence electrons. The van der Waals surface area contributed by atoms with E-state index in [1.807, 2.05) is 18.2 Å². The molecule has 0 radical (unpaired) electrons. The first-order valence-electron chi connectivity index (χ1n) is 8.61. The number of unbranched alkanes of at least 4 members (excludes halogenated alkanes) is 1. The molecule has 1 N–H and O–H groups in total. The van der Waals surface area contributed by atoms with E-state index < -0.39 is 0 Å². The van der Waals surface area contributed by atoms with Crippen molar-refractivity contribution in [3.63, 3.8) is 0 Å². The third-order valence-electron chi connectivity index (χ3n) is 3.77.